The van der Waals surface area contributed by atoms with E-state index >= 15 is 0 Å². The molecule has 0 saturated heterocycles. The Bertz CT molecular complexity index is 628. The smallest absolute Gasteiger partial charge is 0.0817 e. The quantitative estimate of drug-likeness (QED) is 0.692. The van der Waals surface area contributed by atoms with Gasteiger partial charge in [0.2, 0.25) is 0 Å². The third kappa shape index (κ3) is 3.39. The second-order valence-electron chi connectivity index (χ2n) is 3.92. The first-order chi connectivity index (χ1) is 9.22. The van der Waals surface area contributed by atoms with Gasteiger partial charge in [-0.05, 0) is 36.0 Å². The standard InChI is InChI=1S/C16H13ClN2/c1-3-12-4-6-13(7-5-12)11-19-16-9-8-14(18-2)10-15(16)17/h3-11H,1-2H2. The van der Waals surface area contributed by atoms with E-state index in [0.717, 1.165) is 16.8 Å². The summed E-state index contributed by atoms with van der Waals surface area (Å²) in [6, 6.07) is 13.3. The van der Waals surface area contributed by atoms with Crippen molar-refractivity contribution in [2.75, 3.05) is 0 Å². The van der Waals surface area contributed by atoms with Gasteiger partial charge in [0.25, 0.3) is 0 Å². The normalized spacial score (nSPS) is 10.6. The van der Waals surface area contributed by atoms with Crippen LogP contribution in [0, 0.1) is 0 Å². The van der Waals surface area contributed by atoms with Gasteiger partial charge in [-0.3, -0.25) is 9.98 Å². The molecule has 0 radical (unpaired) electrons. The Morgan fingerprint density at radius 2 is 1.68 bits per heavy atom. The molecule has 0 aliphatic carbocycles. The van der Waals surface area contributed by atoms with Gasteiger partial charge in [-0.25, -0.2) is 0 Å². The van der Waals surface area contributed by atoms with Gasteiger partial charge in [0, 0.05) is 6.21 Å². The van der Waals surface area contributed by atoms with Crippen molar-refractivity contribution >= 4 is 42.0 Å². The van der Waals surface area contributed by atoms with Gasteiger partial charge < -0.3 is 0 Å². The van der Waals surface area contributed by atoms with E-state index in [0.29, 0.717) is 10.7 Å². The van der Waals surface area contributed by atoms with E-state index < -0.39 is 0 Å². The van der Waals surface area contributed by atoms with Gasteiger partial charge in [0.15, 0.2) is 0 Å². The van der Waals surface area contributed by atoms with Gasteiger partial charge >= 0.3 is 0 Å². The van der Waals surface area contributed by atoms with Gasteiger partial charge in [0.05, 0.1) is 16.4 Å². The maximum Gasteiger partial charge on any atom is 0.0817 e. The molecule has 0 bridgehead atoms. The topological polar surface area (TPSA) is 24.7 Å². The van der Waals surface area contributed by atoms with E-state index in [1.54, 1.807) is 18.4 Å². The van der Waals surface area contributed by atoms with Gasteiger partial charge in [0.1, 0.15) is 0 Å². The highest BCUT2D eigenvalue weighted by Gasteiger charge is 1.98. The summed E-state index contributed by atoms with van der Waals surface area (Å²) in [5.41, 5.74) is 3.53. The average molecular weight is 269 g/mol. The Balaban J connectivity index is 2.21. The zero-order chi connectivity index (χ0) is 13.7. The Kier molecular flexibility index (Phi) is 4.26. The van der Waals surface area contributed by atoms with Crippen LogP contribution in [-0.2, 0) is 0 Å². The lowest BCUT2D eigenvalue weighted by Gasteiger charge is -1.99. The molecule has 3 heteroatoms. The highest BCUT2D eigenvalue weighted by Crippen LogP contribution is 2.28. The van der Waals surface area contributed by atoms with Crippen molar-refractivity contribution in [3.8, 4) is 0 Å². The number of aliphatic imine (C=N–C) groups is 2. The summed E-state index contributed by atoms with van der Waals surface area (Å²) in [6.07, 6.45) is 3.58. The van der Waals surface area contributed by atoms with Crippen LogP contribution >= 0.6 is 11.6 Å². The number of nitrogens with zero attached hydrogens (tertiary/aromatic N) is 2. The maximum atomic E-state index is 6.11. The zero-order valence-electron chi connectivity index (χ0n) is 10.4. The van der Waals surface area contributed by atoms with E-state index in [-0.39, 0.29) is 0 Å². The zero-order valence-corrected chi connectivity index (χ0v) is 11.1. The fourth-order valence-electron chi connectivity index (χ4n) is 1.56. The molecule has 0 aliphatic heterocycles. The monoisotopic (exact) mass is 268 g/mol. The molecule has 2 nitrogen and oxygen atoms in total. The van der Waals surface area contributed by atoms with Crippen molar-refractivity contribution in [2.45, 2.75) is 0 Å². The molecule has 94 valence electrons. The molecule has 0 aromatic heterocycles. The SMILES string of the molecule is C=Cc1ccc(C=Nc2ccc(N=C)cc2Cl)cc1. The van der Waals surface area contributed by atoms with Gasteiger partial charge in [-0.2, -0.15) is 0 Å². The second-order valence-corrected chi connectivity index (χ2v) is 4.33. The molecule has 0 unspecified atom stereocenters. The minimum absolute atomic E-state index is 0.559. The van der Waals surface area contributed by atoms with Crippen LogP contribution in [0.4, 0.5) is 11.4 Å². The van der Waals surface area contributed by atoms with Crippen LogP contribution in [0.1, 0.15) is 11.1 Å². The molecule has 0 aliphatic rings. The third-order valence-corrected chi connectivity index (χ3v) is 2.94. The molecule has 0 saturated carbocycles. The van der Waals surface area contributed by atoms with Crippen LogP contribution < -0.4 is 0 Å². The summed E-state index contributed by atoms with van der Waals surface area (Å²) in [5, 5.41) is 0.559. The van der Waals surface area contributed by atoms with E-state index in [4.69, 9.17) is 11.6 Å². The van der Waals surface area contributed by atoms with Crippen molar-refractivity contribution < 1.29 is 0 Å². The number of hydrogen-bond donors (Lipinski definition) is 0. The number of halogens is 1. The van der Waals surface area contributed by atoms with Crippen LogP contribution in [0.25, 0.3) is 6.08 Å². The Labute approximate surface area is 117 Å². The number of benzene rings is 2. The molecule has 0 atom stereocenters. The summed E-state index contributed by atoms with van der Waals surface area (Å²) < 4.78 is 0. The first-order valence-corrected chi connectivity index (χ1v) is 6.13. The summed E-state index contributed by atoms with van der Waals surface area (Å²) >= 11 is 6.11. The molecule has 0 fully saturated rings. The maximum absolute atomic E-state index is 6.11. The van der Waals surface area contributed by atoms with Crippen molar-refractivity contribution in [1.82, 2.24) is 0 Å². The Hall–Kier alpha value is -2.19. The second kappa shape index (κ2) is 6.12. The van der Waals surface area contributed by atoms with Crippen molar-refractivity contribution in [3.63, 3.8) is 0 Å². The predicted octanol–water partition coefficient (Wildman–Crippen LogP) is 5.07. The lowest BCUT2D eigenvalue weighted by Crippen LogP contribution is -1.81. The molecule has 0 spiro atoms. The van der Waals surface area contributed by atoms with Crippen LogP contribution in [0.15, 0.2) is 59.0 Å². The molecule has 0 heterocycles. The number of rotatable bonds is 4. The summed E-state index contributed by atoms with van der Waals surface area (Å²) in [6.45, 7) is 7.17. The Morgan fingerprint density at radius 1 is 1.00 bits per heavy atom. The summed E-state index contributed by atoms with van der Waals surface area (Å²) in [5.74, 6) is 0. The van der Waals surface area contributed by atoms with Gasteiger partial charge in [-0.15, -0.1) is 0 Å². The third-order valence-electron chi connectivity index (χ3n) is 2.64. The van der Waals surface area contributed by atoms with Crippen LogP contribution in [0.2, 0.25) is 5.02 Å². The molecule has 2 aromatic carbocycles. The number of hydrogen-bond acceptors (Lipinski definition) is 2. The first kappa shape index (κ1) is 13.2. The molecule has 19 heavy (non-hydrogen) atoms. The lowest BCUT2D eigenvalue weighted by atomic mass is 10.1. The van der Waals surface area contributed by atoms with E-state index in [1.165, 1.54) is 0 Å². The van der Waals surface area contributed by atoms with Crippen LogP contribution in [-0.4, -0.2) is 12.9 Å². The lowest BCUT2D eigenvalue weighted by molar-refractivity contribution is 1.49. The van der Waals surface area contributed by atoms with Crippen molar-refractivity contribution in [2.24, 2.45) is 9.98 Å². The first-order valence-electron chi connectivity index (χ1n) is 5.76. The minimum Gasteiger partial charge on any atom is -0.265 e. The van der Waals surface area contributed by atoms with Crippen molar-refractivity contribution in [1.29, 1.82) is 0 Å². The largest absolute Gasteiger partial charge is 0.265 e. The molecule has 2 aromatic rings. The van der Waals surface area contributed by atoms with E-state index in [1.807, 2.05) is 36.4 Å². The summed E-state index contributed by atoms with van der Waals surface area (Å²) in [7, 11) is 0. The van der Waals surface area contributed by atoms with Crippen LogP contribution in [0.3, 0.4) is 0 Å². The molecular formula is C16H13ClN2. The minimum atomic E-state index is 0.559. The fraction of sp³-hybridized carbons (Fsp3) is 0. The molecular weight excluding hydrogens is 256 g/mol. The van der Waals surface area contributed by atoms with E-state index in [9.17, 15) is 0 Å². The molecule has 0 amide bonds. The highest BCUT2D eigenvalue weighted by molar-refractivity contribution is 6.33. The molecule has 2 rings (SSSR count). The predicted molar refractivity (Wildman–Crippen MR) is 84.4 cm³/mol. The highest BCUT2D eigenvalue weighted by atomic mass is 35.5. The van der Waals surface area contributed by atoms with Gasteiger partial charge in [-0.1, -0.05) is 48.5 Å². The molecule has 0 N–H and O–H groups in total. The average Bonchev–Trinajstić information content (AvgIpc) is 2.46. The fourth-order valence-corrected chi connectivity index (χ4v) is 1.78. The van der Waals surface area contributed by atoms with Crippen LogP contribution in [0.5, 0.6) is 0 Å². The Morgan fingerprint density at radius 3 is 2.26 bits per heavy atom. The summed E-state index contributed by atoms with van der Waals surface area (Å²) in [4.78, 5) is 8.18. The van der Waals surface area contributed by atoms with Crippen molar-refractivity contribution in [3.05, 3.63) is 65.2 Å². The van der Waals surface area contributed by atoms with E-state index in [2.05, 4.69) is 23.3 Å².